The van der Waals surface area contributed by atoms with Gasteiger partial charge in [0.15, 0.2) is 11.2 Å². The lowest BCUT2D eigenvalue weighted by atomic mass is 9.77. The van der Waals surface area contributed by atoms with E-state index in [1.54, 1.807) is 18.9 Å². The summed E-state index contributed by atoms with van der Waals surface area (Å²) in [5, 5.41) is 9.43. The number of fused-ring (bicyclic) bond motifs is 1. The number of aryl methyl sites for hydroxylation is 1. The number of hydrogen-bond acceptors (Lipinski definition) is 12. The van der Waals surface area contributed by atoms with Gasteiger partial charge in [-0.2, -0.15) is 14.7 Å². The van der Waals surface area contributed by atoms with Gasteiger partial charge in [-0.3, -0.25) is 9.67 Å². The normalized spacial score (nSPS) is 17.8. The molecule has 14 nitrogen and oxygen atoms in total. The zero-order valence-corrected chi connectivity index (χ0v) is 37.0. The lowest BCUT2D eigenvalue weighted by Gasteiger charge is -2.38. The van der Waals surface area contributed by atoms with Crippen LogP contribution < -0.4 is 4.90 Å². The zero-order chi connectivity index (χ0) is 40.3. The molecule has 4 heterocycles. The van der Waals surface area contributed by atoms with Gasteiger partial charge in [-0.05, 0) is 49.9 Å². The lowest BCUT2D eigenvalue weighted by molar-refractivity contribution is -0.180. The van der Waals surface area contributed by atoms with Crippen molar-refractivity contribution in [3.63, 3.8) is 0 Å². The van der Waals surface area contributed by atoms with Crippen LogP contribution in [0.25, 0.3) is 28.2 Å². The van der Waals surface area contributed by atoms with Gasteiger partial charge in [-0.25, -0.2) is 9.78 Å². The summed E-state index contributed by atoms with van der Waals surface area (Å²) in [7, 11) is 2.50. The molecule has 0 radical (unpaired) electrons. The van der Waals surface area contributed by atoms with Crippen molar-refractivity contribution in [2.45, 2.75) is 88.6 Å². The highest BCUT2D eigenvalue weighted by Gasteiger charge is 2.45. The Morgan fingerprint density at radius 2 is 1.52 bits per heavy atom. The third kappa shape index (κ3) is 12.0. The molecule has 0 unspecified atom stereocenters. The van der Waals surface area contributed by atoms with Crippen LogP contribution in [0.15, 0.2) is 42.9 Å². The standard InChI is InChI=1S/C40H63N7O7Si2/c1-45-17-14-35(44-45)34-11-10-32(27-41-34)33-28-42-47-37(46(29-51-22-24-55(4,5)6)30-52-23-25-56(7,8)9)26-36(43-38(33)47)31-12-15-40(16-13-31,54-21-19-50-3)39(48)53-20-18-49-2/h10-11,14,17,26-28,31H,12-13,15-16,18-25,29-30H2,1-9H3. The molecular formula is C40H63N7O7Si2. The molecule has 56 heavy (non-hydrogen) atoms. The minimum Gasteiger partial charge on any atom is -0.461 e. The van der Waals surface area contributed by atoms with E-state index in [-0.39, 0.29) is 18.5 Å². The van der Waals surface area contributed by atoms with E-state index in [0.29, 0.717) is 77.8 Å². The van der Waals surface area contributed by atoms with E-state index in [0.717, 1.165) is 46.1 Å². The molecule has 0 saturated heterocycles. The van der Waals surface area contributed by atoms with Crippen LogP contribution in [0.1, 0.15) is 37.3 Å². The Bertz CT molecular complexity index is 1810. The molecule has 0 bridgehead atoms. The Labute approximate surface area is 334 Å². The fraction of sp³-hybridized carbons (Fsp3) is 0.625. The number of rotatable bonds is 22. The molecule has 1 aliphatic carbocycles. The Morgan fingerprint density at radius 3 is 2.09 bits per heavy atom. The maximum atomic E-state index is 13.5. The molecule has 5 rings (SSSR count). The van der Waals surface area contributed by atoms with Crippen molar-refractivity contribution in [3.05, 3.63) is 48.5 Å². The predicted molar refractivity (Wildman–Crippen MR) is 223 cm³/mol. The van der Waals surface area contributed by atoms with E-state index in [1.165, 1.54) is 0 Å². The van der Waals surface area contributed by atoms with E-state index in [4.69, 9.17) is 43.5 Å². The van der Waals surface area contributed by atoms with E-state index >= 15 is 0 Å². The number of pyridine rings is 1. The van der Waals surface area contributed by atoms with Gasteiger partial charge in [-0.1, -0.05) is 45.3 Å². The van der Waals surface area contributed by atoms with Crippen molar-refractivity contribution in [3.8, 4) is 22.5 Å². The number of aromatic nitrogens is 6. The van der Waals surface area contributed by atoms with E-state index < -0.39 is 21.7 Å². The highest BCUT2D eigenvalue weighted by atomic mass is 28.3. The smallest absolute Gasteiger partial charge is 0.338 e. The van der Waals surface area contributed by atoms with Crippen LogP contribution in [0, 0.1) is 0 Å². The maximum absolute atomic E-state index is 13.5. The van der Waals surface area contributed by atoms with Crippen molar-refractivity contribution in [1.82, 2.24) is 29.4 Å². The van der Waals surface area contributed by atoms with Crippen LogP contribution in [-0.2, 0) is 40.3 Å². The zero-order valence-electron chi connectivity index (χ0n) is 35.0. The molecule has 0 atom stereocenters. The first kappa shape index (κ1) is 43.6. The number of nitrogens with zero attached hydrogens (tertiary/aromatic N) is 7. The van der Waals surface area contributed by atoms with Crippen molar-refractivity contribution in [1.29, 1.82) is 0 Å². The van der Waals surface area contributed by atoms with Crippen LogP contribution in [0.5, 0.6) is 0 Å². The van der Waals surface area contributed by atoms with Crippen molar-refractivity contribution < 1.29 is 33.2 Å². The number of carbonyl (C=O) groups is 1. The monoisotopic (exact) mass is 809 g/mol. The Morgan fingerprint density at radius 1 is 0.857 bits per heavy atom. The molecule has 0 aromatic carbocycles. The number of ether oxygens (including phenoxy) is 6. The fourth-order valence-corrected chi connectivity index (χ4v) is 8.11. The summed E-state index contributed by atoms with van der Waals surface area (Å²) in [5.74, 6) is 0.534. The third-order valence-corrected chi connectivity index (χ3v) is 13.5. The van der Waals surface area contributed by atoms with Crippen LogP contribution in [0.2, 0.25) is 51.4 Å². The van der Waals surface area contributed by atoms with E-state index in [9.17, 15) is 4.79 Å². The first-order chi connectivity index (χ1) is 26.7. The minimum absolute atomic E-state index is 0.0551. The molecule has 1 saturated carbocycles. The quantitative estimate of drug-likeness (QED) is 0.0355. The maximum Gasteiger partial charge on any atom is 0.338 e. The van der Waals surface area contributed by atoms with Crippen molar-refractivity contribution in [2.75, 3.05) is 72.2 Å². The van der Waals surface area contributed by atoms with Crippen LogP contribution in [-0.4, -0.2) is 124 Å². The molecule has 4 aromatic heterocycles. The molecule has 0 spiro atoms. The number of anilines is 1. The molecule has 1 aliphatic rings. The molecule has 308 valence electrons. The average molecular weight is 810 g/mol. The molecule has 4 aromatic rings. The summed E-state index contributed by atoms with van der Waals surface area (Å²) in [6.07, 6.45) is 7.95. The third-order valence-electron chi connectivity index (χ3n) is 10.1. The molecule has 0 N–H and O–H groups in total. The van der Waals surface area contributed by atoms with Gasteiger partial charge in [0, 0.05) is 91.8 Å². The minimum atomic E-state index is -1.30. The molecule has 1 fully saturated rings. The first-order valence-electron chi connectivity index (χ1n) is 19.8. The first-order valence-corrected chi connectivity index (χ1v) is 27.2. The summed E-state index contributed by atoms with van der Waals surface area (Å²) in [6, 6.07) is 10.2. The van der Waals surface area contributed by atoms with Gasteiger partial charge in [0.2, 0.25) is 0 Å². The van der Waals surface area contributed by atoms with Gasteiger partial charge in [0.25, 0.3) is 0 Å². The molecular weight excluding hydrogens is 747 g/mol. The number of esters is 1. The Balaban J connectivity index is 1.51. The fourth-order valence-electron chi connectivity index (χ4n) is 6.59. The summed E-state index contributed by atoms with van der Waals surface area (Å²) in [5.41, 5.74) is 3.93. The number of methoxy groups -OCH3 is 2. The highest BCUT2D eigenvalue weighted by Crippen LogP contribution is 2.42. The molecule has 0 amide bonds. The summed E-state index contributed by atoms with van der Waals surface area (Å²) >= 11 is 0. The largest absolute Gasteiger partial charge is 0.461 e. The topological polar surface area (TPSA) is 137 Å². The van der Waals surface area contributed by atoms with Gasteiger partial charge >= 0.3 is 5.97 Å². The average Bonchev–Trinajstić information content (AvgIpc) is 3.80. The van der Waals surface area contributed by atoms with E-state index in [1.807, 2.05) is 48.4 Å². The summed E-state index contributed by atoms with van der Waals surface area (Å²) in [6.45, 7) is 17.4. The van der Waals surface area contributed by atoms with Crippen LogP contribution in [0.3, 0.4) is 0 Å². The SMILES string of the molecule is COCCOC(=O)C1(OCCOC)CCC(c2cc(N(COCC[Si](C)(C)C)COCC[Si](C)(C)C)n3ncc(-c4ccc(-c5ccn(C)n5)nc4)c3n2)CC1. The van der Waals surface area contributed by atoms with Gasteiger partial charge in [0.05, 0.1) is 31.7 Å². The van der Waals surface area contributed by atoms with E-state index in [2.05, 4.69) is 55.3 Å². The van der Waals surface area contributed by atoms with Crippen molar-refractivity contribution in [2.24, 2.45) is 7.05 Å². The second-order valence-corrected chi connectivity index (χ2v) is 28.4. The molecule has 16 heteroatoms. The van der Waals surface area contributed by atoms with Crippen molar-refractivity contribution >= 4 is 33.6 Å². The number of hydrogen-bond donors (Lipinski definition) is 0. The summed E-state index contributed by atoms with van der Waals surface area (Å²) in [4.78, 5) is 25.7. The highest BCUT2D eigenvalue weighted by molar-refractivity contribution is 6.76. The van der Waals surface area contributed by atoms with Gasteiger partial charge in [-0.15, -0.1) is 0 Å². The van der Waals surface area contributed by atoms with Gasteiger partial charge < -0.3 is 33.3 Å². The second kappa shape index (κ2) is 19.8. The van der Waals surface area contributed by atoms with Gasteiger partial charge in [0.1, 0.15) is 31.6 Å². The second-order valence-electron chi connectivity index (χ2n) is 17.1. The Kier molecular flexibility index (Phi) is 15.4. The number of carbonyl (C=O) groups excluding carboxylic acids is 1. The Hall–Kier alpha value is -3.52. The summed E-state index contributed by atoms with van der Waals surface area (Å²) < 4.78 is 38.7. The molecule has 0 aliphatic heterocycles. The predicted octanol–water partition coefficient (Wildman–Crippen LogP) is 6.87. The van der Waals surface area contributed by atoms with Crippen LogP contribution >= 0.6 is 0 Å². The van der Waals surface area contributed by atoms with Crippen LogP contribution in [0.4, 0.5) is 5.82 Å². The lowest BCUT2D eigenvalue weighted by Crippen LogP contribution is -2.46.